The van der Waals surface area contributed by atoms with Crippen LogP contribution in [0.3, 0.4) is 0 Å². The normalized spacial score (nSPS) is 21.0. The van der Waals surface area contributed by atoms with E-state index in [1.54, 1.807) is 84.1 Å². The predicted molar refractivity (Wildman–Crippen MR) is 625 cm³/mol. The quantitative estimate of drug-likeness (QED) is 0.00681. The summed E-state index contributed by atoms with van der Waals surface area (Å²) < 4.78 is 45.5. The molecule has 10 atom stereocenters. The van der Waals surface area contributed by atoms with E-state index in [1.807, 2.05) is 176 Å². The second-order valence-corrected chi connectivity index (χ2v) is 44.8. The average Bonchev–Trinajstić information content (AvgIpc) is 1.66. The number of hydrogen-bond donors (Lipinski definition) is 12. The van der Waals surface area contributed by atoms with Gasteiger partial charge in [0.15, 0.2) is 82.0 Å². The van der Waals surface area contributed by atoms with Crippen LogP contribution in [-0.4, -0.2) is 167 Å². The molecule has 0 aliphatic carbocycles. The Morgan fingerprint density at radius 3 is 0.899 bits per heavy atom. The summed E-state index contributed by atoms with van der Waals surface area (Å²) in [6.45, 7) is 27.0. The standard InChI is InChI=1S/C16H17Br2Cl2N3O2.C16H18Br2ClN3O2.C16H19Br2N3O2.C16H20ClN3O2.C16H21N3O2.C13H12Br2ClNO2.C12H13NO2/c1-8-11(17)5-10(6-12(8)18)7-13-14(24)23-15(25-13)16(19,20)3-4-22-9(2)21;1-8-11(17)5-10(6-12(8)18)7-14-15(23)22-16(24-14)13(19)3-4-21-9(2)20;1-9-12(17)6-11(7-13(9)18)8-14-16(22)21-15(23-14)4-3-5-20-10(2)19;1-10-3-5-12(6-4-10)9-14-15(21)20-16(22-14)13(17)7-8-19-11(2)18;1-11-5-7-13(8-6-11)10-14-16(20)19-15(21-14)4-3-9-18-12(2)17;1-6-9(14)3-8(4-10(6)15)5-11-12(18)17-13(19-11)7(2)16;1-2-11-13-12(14)10(15-11)8-9-6-4-3-5-7-9/h5-7,15H,3-4H2,1-2H3,(H2,21,22)(H,23,24);5-7,13,16H,3-4H2,1-2H3,(H2,20,21)(H,22,23);6-8,15H,3-5H2,1-2H3,(H2,19,20)(H,21,22);3-6,9,13,16H,7-8H2,1-2H3,(H2,18,19)(H,20,21);5-8,10,15H,3-4,9H2,1-2H3,(H2,17,18)(H,19,20);3-5,7,13H,1-2H3,(H,17,18);3-8,11H,2H2,1H3,(H,13,14)/b13-7-;14-7-;14-8-;14-9-;14-10-;11-5-;10-8-. The maximum atomic E-state index is 12.2. The lowest BCUT2D eigenvalue weighted by Crippen LogP contribution is -2.41. The van der Waals surface area contributed by atoms with Crippen LogP contribution in [0.4, 0.5) is 0 Å². The van der Waals surface area contributed by atoms with Crippen molar-refractivity contribution in [3.05, 3.63) is 276 Å². The van der Waals surface area contributed by atoms with Gasteiger partial charge in [0.05, 0.1) is 45.3 Å². The number of carbonyl (C=O) groups is 7. The monoisotopic (exact) mass is 2650 g/mol. The molecule has 14 rings (SSSR count). The van der Waals surface area contributed by atoms with E-state index in [1.165, 1.54) is 5.56 Å². The van der Waals surface area contributed by atoms with Gasteiger partial charge in [0.1, 0.15) is 0 Å². The molecular weight excluding hydrogens is 2540 g/mol. The molecule has 800 valence electrons. The summed E-state index contributed by atoms with van der Waals surface area (Å²) >= 11 is 58.9. The minimum Gasteiger partial charge on any atom is -0.465 e. The number of aryl methyl sites for hydroxylation is 2. The molecule has 7 aromatic rings. The topological polar surface area (TPSA) is 460 Å². The lowest BCUT2D eigenvalue weighted by atomic mass is 10.1. The predicted octanol–water partition coefficient (Wildman–Crippen LogP) is 21.5. The van der Waals surface area contributed by atoms with Crippen molar-refractivity contribution in [2.24, 2.45) is 53.6 Å². The van der Waals surface area contributed by atoms with Crippen molar-refractivity contribution in [2.75, 3.05) is 32.7 Å². The first-order valence-corrected chi connectivity index (χ1v) is 55.3. The van der Waals surface area contributed by atoms with Crippen LogP contribution < -0.4 is 65.9 Å². The van der Waals surface area contributed by atoms with Crippen molar-refractivity contribution >= 4 is 299 Å². The number of ether oxygens (including phenoxy) is 7. The molecule has 7 aliphatic rings. The van der Waals surface area contributed by atoms with Crippen LogP contribution in [0.25, 0.3) is 42.5 Å². The van der Waals surface area contributed by atoms with Gasteiger partial charge in [-0.15, -0.1) is 34.8 Å². The van der Waals surface area contributed by atoms with Crippen molar-refractivity contribution in [1.82, 2.24) is 37.2 Å². The van der Waals surface area contributed by atoms with Crippen molar-refractivity contribution in [1.29, 1.82) is 0 Å². The number of nitrogens with one attached hydrogen (secondary N) is 7. The van der Waals surface area contributed by atoms with Crippen molar-refractivity contribution in [3.8, 4) is 0 Å². The van der Waals surface area contributed by atoms with E-state index < -0.39 is 29.2 Å². The summed E-state index contributed by atoms with van der Waals surface area (Å²) in [4.78, 5) is 104. The zero-order valence-corrected chi connectivity index (χ0v) is 100. The second-order valence-electron chi connectivity index (χ2n) is 34.6. The lowest BCUT2D eigenvalue weighted by molar-refractivity contribution is -0.117. The average molecular weight is 2660 g/mol. The summed E-state index contributed by atoms with van der Waals surface area (Å²) in [5, 5.41) is 18.1. The van der Waals surface area contributed by atoms with Gasteiger partial charge in [0, 0.05) is 94.2 Å². The maximum absolute atomic E-state index is 12.2. The van der Waals surface area contributed by atoms with E-state index in [4.69, 9.17) is 120 Å². The summed E-state index contributed by atoms with van der Waals surface area (Å²) in [6, 6.07) is 40.8. The van der Waals surface area contributed by atoms with E-state index in [9.17, 15) is 33.6 Å². The molecule has 0 aromatic heterocycles. The van der Waals surface area contributed by atoms with Gasteiger partial charge in [-0.1, -0.05) is 248 Å². The number of amides is 7. The smallest absolute Gasteiger partial charge is 0.289 e. The molecule has 7 heterocycles. The largest absolute Gasteiger partial charge is 0.465 e. The van der Waals surface area contributed by atoms with Gasteiger partial charge >= 0.3 is 0 Å². The molecule has 149 heavy (non-hydrogen) atoms. The third-order valence-electron chi connectivity index (χ3n) is 21.7. The van der Waals surface area contributed by atoms with E-state index >= 15 is 0 Å². The highest BCUT2D eigenvalue weighted by molar-refractivity contribution is 9.12. The van der Waals surface area contributed by atoms with Gasteiger partial charge in [-0.05, 0) is 261 Å². The molecule has 0 radical (unpaired) electrons. The summed E-state index contributed by atoms with van der Waals surface area (Å²) in [7, 11) is 0. The number of halogens is 13. The number of hydrogen-bond acceptors (Lipinski definition) is 19. The van der Waals surface area contributed by atoms with Crippen molar-refractivity contribution < 1.29 is 66.7 Å². The molecule has 7 fully saturated rings. The number of benzene rings is 7. The Labute approximate surface area is 960 Å². The van der Waals surface area contributed by atoms with Crippen molar-refractivity contribution in [3.63, 3.8) is 0 Å². The number of amidine groups is 5. The zero-order valence-electron chi connectivity index (χ0n) is 83.9. The molecule has 7 aromatic carbocycles. The molecule has 44 heteroatoms. The summed E-state index contributed by atoms with van der Waals surface area (Å²) in [6.07, 6.45) is 14.0. The fourth-order valence-corrected chi connectivity index (χ4v) is 19.2. The van der Waals surface area contributed by atoms with Gasteiger partial charge in [-0.2, -0.15) is 0 Å². The van der Waals surface area contributed by atoms with Gasteiger partial charge in [0.2, 0.25) is 6.23 Å². The van der Waals surface area contributed by atoms with Crippen LogP contribution in [0, 0.1) is 41.5 Å². The van der Waals surface area contributed by atoms with E-state index in [2.05, 4.69) is 190 Å². The molecule has 0 bridgehead atoms. The number of nitrogens with two attached hydrogens (primary N) is 5. The Kier molecular flexibility index (Phi) is 51.1. The van der Waals surface area contributed by atoms with E-state index in [-0.39, 0.29) is 106 Å². The molecule has 7 saturated heterocycles. The molecule has 10 unspecified atom stereocenters. The second kappa shape index (κ2) is 61.2. The van der Waals surface area contributed by atoms with Crippen LogP contribution >= 0.6 is 185 Å². The first-order chi connectivity index (χ1) is 70.4. The Morgan fingerprint density at radius 2 is 0.597 bits per heavy atom. The van der Waals surface area contributed by atoms with Gasteiger partial charge < -0.3 is 99.0 Å². The number of nitrogens with zero attached hydrogens (tertiary/aromatic N) is 5. The molecular formula is C105H120Br8Cl5N17O14. The third kappa shape index (κ3) is 42.0. The van der Waals surface area contributed by atoms with Crippen LogP contribution in [0.1, 0.15) is 172 Å². The molecule has 0 saturated carbocycles. The fourth-order valence-electron chi connectivity index (χ4n) is 13.4. The molecule has 31 nitrogen and oxygen atoms in total. The molecule has 7 aliphatic heterocycles. The maximum Gasteiger partial charge on any atom is 0.289 e. The molecule has 7 amide bonds. The molecule has 17 N–H and O–H groups in total. The number of aliphatic imine (C=N–C) groups is 5. The minimum absolute atomic E-state index is 0.134. The Hall–Kier alpha value is -9.75. The number of alkyl halides is 5. The first-order valence-electron chi connectivity index (χ1n) is 46.9. The highest BCUT2D eigenvalue weighted by atomic mass is 79.9. The third-order valence-corrected chi connectivity index (χ3v) is 30.2. The summed E-state index contributed by atoms with van der Waals surface area (Å²) in [5.41, 5.74) is 40.3. The van der Waals surface area contributed by atoms with Crippen LogP contribution in [0.15, 0.2) is 228 Å². The van der Waals surface area contributed by atoms with Gasteiger partial charge in [-0.3, -0.25) is 58.5 Å². The van der Waals surface area contributed by atoms with Crippen LogP contribution in [0.5, 0.6) is 0 Å². The lowest BCUT2D eigenvalue weighted by Gasteiger charge is -2.24. The van der Waals surface area contributed by atoms with Gasteiger partial charge in [-0.25, -0.2) is 0 Å². The Balaban J connectivity index is 0.000000213. The zero-order chi connectivity index (χ0) is 110. The number of carbonyl (C=O) groups excluding carboxylic acids is 7. The minimum atomic E-state index is -1.32. The fraction of sp³-hybridized carbons (Fsp3) is 0.352. The van der Waals surface area contributed by atoms with Crippen LogP contribution in [0.2, 0.25) is 0 Å². The highest BCUT2D eigenvalue weighted by Crippen LogP contribution is 2.38. The highest BCUT2D eigenvalue weighted by Gasteiger charge is 2.44. The first kappa shape index (κ1) is 124. The van der Waals surface area contributed by atoms with Gasteiger partial charge in [0.25, 0.3) is 41.4 Å². The van der Waals surface area contributed by atoms with E-state index in [0.717, 1.165) is 122 Å². The SMILES string of the molecule is CC(N)=NCCC(Cl)(Cl)C1NC(=O)/C(=C/c2cc(Br)c(C)c(Br)c2)O1.CC(N)=NCCC(Cl)C1NC(=O)/C(=C/c2cc(Br)c(C)c(Br)c2)O1.CC(N)=NCCC(Cl)C1NC(=O)/C(=C/c2ccc(C)cc2)O1.CC(N)=NCCCC1NC(=O)/C(=C/c2cc(Br)c(C)c(Br)c2)O1.CC(N)=NCCCC1NC(=O)/C(=C/c2ccc(C)cc2)O1.CCC1NC(=O)/C(=C/c2ccccc2)O1.Cc1c(Br)cc(/C=C2\OC(C(C)Cl)NC2=O)cc1Br. The van der Waals surface area contributed by atoms with Crippen molar-refractivity contribution in [2.45, 2.75) is 205 Å². The van der Waals surface area contributed by atoms with E-state index in [0.29, 0.717) is 105 Å². The Bertz CT molecular complexity index is 6220. The number of rotatable bonds is 29. The molecule has 0 spiro atoms. The van der Waals surface area contributed by atoms with Crippen LogP contribution in [-0.2, 0) is 66.7 Å². The Morgan fingerprint density at radius 1 is 0.342 bits per heavy atom. The summed E-state index contributed by atoms with van der Waals surface area (Å²) in [5.74, 6) is 2.99.